The number of rotatable bonds is 2. The molecule has 6 aliphatic rings. The van der Waals surface area contributed by atoms with E-state index in [1.807, 2.05) is 0 Å². The number of hydrogen-bond donors (Lipinski definition) is 0. The highest BCUT2D eigenvalue weighted by Gasteiger charge is 2.50. The molecule has 0 radical (unpaired) electrons. The molecule has 394 valence electrons. The monoisotopic (exact) mass is 1010 g/mol. The van der Waals surface area contributed by atoms with Gasteiger partial charge in [-0.3, -0.25) is 0 Å². The minimum atomic E-state index is -0.136. The average molecular weight is 1010 g/mol. The van der Waals surface area contributed by atoms with E-state index in [4.69, 9.17) is 4.42 Å². The molecule has 0 bridgehead atoms. The third kappa shape index (κ3) is 7.05. The summed E-state index contributed by atoms with van der Waals surface area (Å²) in [6.45, 7) is 46.7. The topological polar surface area (TPSA) is 19.6 Å². The van der Waals surface area contributed by atoms with E-state index in [0.717, 1.165) is 17.6 Å². The standard InChI is InChI=1S/C72H87BN2O/c1-64(2,3)42-34-47-61-57(25-22-45-46-38-52-55(41-60(46)76-63(45)61)72(18,19)33-30-69(52,12)13)75(44-21-24-49-51(37-44)68(10,11)29-27-66(49,6)7)73-56-39-53-54(71(16,17)32-31-70(53,14)15)40-58(56)74(59(35-42)62(47)73)43-20-23-48-50(36-43)67(8,9)28-26-65(48,4)5/h20-25,34-41H,26-33H2,1-19H3. The summed E-state index contributed by atoms with van der Waals surface area (Å²) in [7, 11) is 0. The van der Waals surface area contributed by atoms with Gasteiger partial charge in [0, 0.05) is 44.8 Å². The largest absolute Gasteiger partial charge is 0.455 e. The molecular weight excluding hydrogens is 920 g/mol. The van der Waals surface area contributed by atoms with Crippen molar-refractivity contribution < 1.29 is 4.42 Å². The van der Waals surface area contributed by atoms with Crippen molar-refractivity contribution in [2.24, 2.45) is 0 Å². The molecule has 0 amide bonds. The zero-order valence-electron chi connectivity index (χ0n) is 50.1. The number of fused-ring (bicyclic) bond motifs is 12. The van der Waals surface area contributed by atoms with Gasteiger partial charge in [0.05, 0.1) is 0 Å². The van der Waals surface area contributed by atoms with Crippen LogP contribution < -0.4 is 20.6 Å². The quantitative estimate of drug-likeness (QED) is 0.161. The second-order valence-electron chi connectivity index (χ2n) is 31.6. The molecule has 76 heavy (non-hydrogen) atoms. The second kappa shape index (κ2) is 15.3. The first-order valence-electron chi connectivity index (χ1n) is 29.5. The summed E-state index contributed by atoms with van der Waals surface area (Å²) in [5, 5.41) is 2.45. The van der Waals surface area contributed by atoms with Crippen LogP contribution in [0.15, 0.2) is 89.3 Å². The van der Waals surface area contributed by atoms with Gasteiger partial charge in [-0.15, -0.1) is 0 Å². The van der Waals surface area contributed by atoms with Crippen molar-refractivity contribution in [3.63, 3.8) is 0 Å². The van der Waals surface area contributed by atoms with E-state index >= 15 is 0 Å². The molecule has 6 aromatic carbocycles. The molecule has 0 saturated heterocycles. The number of anilines is 5. The fraction of sp³-hybridized carbons (Fsp3) is 0.500. The van der Waals surface area contributed by atoms with Crippen LogP contribution in [-0.2, 0) is 48.7 Å². The Morgan fingerprint density at radius 3 is 1.38 bits per heavy atom. The van der Waals surface area contributed by atoms with Crippen LogP contribution >= 0.6 is 0 Å². The van der Waals surface area contributed by atoms with Gasteiger partial charge in [0.1, 0.15) is 11.2 Å². The van der Waals surface area contributed by atoms with Gasteiger partial charge >= 0.3 is 6.85 Å². The number of furan rings is 1. The Morgan fingerprint density at radius 2 is 0.855 bits per heavy atom. The van der Waals surface area contributed by atoms with Crippen LogP contribution in [0.2, 0.25) is 0 Å². The van der Waals surface area contributed by atoms with Crippen molar-refractivity contribution in [3.8, 4) is 11.1 Å². The van der Waals surface area contributed by atoms with Crippen LogP contribution in [0.25, 0.3) is 33.1 Å². The first-order valence-corrected chi connectivity index (χ1v) is 29.5. The zero-order valence-corrected chi connectivity index (χ0v) is 50.1. The van der Waals surface area contributed by atoms with Crippen LogP contribution in [-0.4, -0.2) is 6.85 Å². The first-order chi connectivity index (χ1) is 35.2. The second-order valence-corrected chi connectivity index (χ2v) is 31.6. The maximum Gasteiger partial charge on any atom is 0.333 e. The Labute approximate surface area is 457 Å². The molecule has 4 heteroatoms. The summed E-state index contributed by atoms with van der Waals surface area (Å²) in [4.78, 5) is 5.54. The molecule has 7 aromatic rings. The van der Waals surface area contributed by atoms with Crippen LogP contribution in [0, 0.1) is 0 Å². The predicted octanol–water partition coefficient (Wildman–Crippen LogP) is 19.0. The average Bonchev–Trinajstić information content (AvgIpc) is 3.86. The third-order valence-corrected chi connectivity index (χ3v) is 21.7. The van der Waals surface area contributed by atoms with Crippen molar-refractivity contribution >= 4 is 68.1 Å². The molecule has 3 nitrogen and oxygen atoms in total. The van der Waals surface area contributed by atoms with Crippen molar-refractivity contribution in [2.75, 3.05) is 9.71 Å². The maximum absolute atomic E-state index is 7.59. The lowest BCUT2D eigenvalue weighted by atomic mass is 9.42. The Bertz CT molecular complexity index is 3670. The zero-order chi connectivity index (χ0) is 54.2. The van der Waals surface area contributed by atoms with E-state index in [-0.39, 0.29) is 55.6 Å². The van der Waals surface area contributed by atoms with Crippen LogP contribution in [0.4, 0.5) is 28.4 Å². The molecule has 4 aliphatic carbocycles. The minimum absolute atomic E-state index is 0.0207. The third-order valence-electron chi connectivity index (χ3n) is 21.7. The van der Waals surface area contributed by atoms with Crippen LogP contribution in [0.5, 0.6) is 0 Å². The molecule has 13 rings (SSSR count). The van der Waals surface area contributed by atoms with Crippen LogP contribution in [0.3, 0.4) is 0 Å². The van der Waals surface area contributed by atoms with Gasteiger partial charge in [0.2, 0.25) is 0 Å². The van der Waals surface area contributed by atoms with E-state index in [9.17, 15) is 0 Å². The van der Waals surface area contributed by atoms with Crippen molar-refractivity contribution in [2.45, 2.75) is 232 Å². The fourth-order valence-corrected chi connectivity index (χ4v) is 15.8. The van der Waals surface area contributed by atoms with E-state index in [0.29, 0.717) is 0 Å². The van der Waals surface area contributed by atoms with E-state index in [1.165, 1.54) is 156 Å². The van der Waals surface area contributed by atoms with Gasteiger partial charge in [-0.1, -0.05) is 156 Å². The fourth-order valence-electron chi connectivity index (χ4n) is 15.8. The summed E-state index contributed by atoms with van der Waals surface area (Å²) in [6.07, 6.45) is 9.39. The Balaban J connectivity index is 1.19. The number of hydrogen-bond acceptors (Lipinski definition) is 3. The molecular formula is C72H87BN2O. The summed E-state index contributed by atoms with van der Waals surface area (Å²) >= 11 is 0. The molecule has 1 aromatic heterocycles. The van der Waals surface area contributed by atoms with Gasteiger partial charge in [-0.05, 0) is 227 Å². The lowest BCUT2D eigenvalue weighted by molar-refractivity contribution is 0.332. The lowest BCUT2D eigenvalue weighted by Gasteiger charge is -2.49. The van der Waals surface area contributed by atoms with Crippen molar-refractivity contribution in [1.29, 1.82) is 0 Å². The van der Waals surface area contributed by atoms with Gasteiger partial charge in [-0.25, -0.2) is 0 Å². The maximum atomic E-state index is 7.59. The van der Waals surface area contributed by atoms with Gasteiger partial charge in [0.15, 0.2) is 0 Å². The van der Waals surface area contributed by atoms with Crippen molar-refractivity contribution in [3.05, 3.63) is 135 Å². The minimum Gasteiger partial charge on any atom is -0.455 e. The SMILES string of the molecule is CC(C)(C)c1cc2c3c(c1)N(c1ccc4c(c1)C(C)(C)CCC4(C)C)c1cc4c(cc1B3N(c1ccc3c(c1)C(C)(C)CCC3(C)C)c1ccc3c(oc5cc6c(cc53)C(C)(C)CCC6(C)C)c1-2)C(C)(C)CCC4(C)C. The van der Waals surface area contributed by atoms with Gasteiger partial charge in [-0.2, -0.15) is 0 Å². The summed E-state index contributed by atoms with van der Waals surface area (Å²) in [5.74, 6) is 0. The Hall–Kier alpha value is -5.22. The van der Waals surface area contributed by atoms with E-state index in [2.05, 4.69) is 226 Å². The lowest BCUT2D eigenvalue weighted by Crippen LogP contribution is -2.62. The highest BCUT2D eigenvalue weighted by atomic mass is 16.3. The van der Waals surface area contributed by atoms with Crippen molar-refractivity contribution in [1.82, 2.24) is 0 Å². The van der Waals surface area contributed by atoms with Crippen LogP contribution in [0.1, 0.15) is 233 Å². The molecule has 2 aliphatic heterocycles. The molecule has 3 heterocycles. The molecule has 0 unspecified atom stereocenters. The predicted molar refractivity (Wildman–Crippen MR) is 327 cm³/mol. The highest BCUT2D eigenvalue weighted by Crippen LogP contribution is 2.57. The molecule has 0 saturated carbocycles. The van der Waals surface area contributed by atoms with Gasteiger partial charge < -0.3 is 14.1 Å². The highest BCUT2D eigenvalue weighted by molar-refractivity contribution is 6.93. The summed E-state index contributed by atoms with van der Waals surface area (Å²) in [5.41, 5.74) is 27.3. The van der Waals surface area contributed by atoms with E-state index < -0.39 is 0 Å². The molecule has 0 spiro atoms. The number of nitrogens with zero attached hydrogens (tertiary/aromatic N) is 2. The smallest absolute Gasteiger partial charge is 0.333 e. The first kappa shape index (κ1) is 50.3. The summed E-state index contributed by atoms with van der Waals surface area (Å²) in [6, 6.07) is 35.8. The Kier molecular flexibility index (Phi) is 10.1. The molecule has 0 N–H and O–H groups in total. The number of benzene rings is 6. The van der Waals surface area contributed by atoms with E-state index in [1.54, 1.807) is 0 Å². The van der Waals surface area contributed by atoms with Gasteiger partial charge in [0.25, 0.3) is 0 Å². The normalized spacial score (nSPS) is 22.2. The molecule has 0 fully saturated rings. The summed E-state index contributed by atoms with van der Waals surface area (Å²) < 4.78 is 7.59. The molecule has 0 atom stereocenters. The Morgan fingerprint density at radius 1 is 0.408 bits per heavy atom.